The van der Waals surface area contributed by atoms with Gasteiger partial charge >= 0.3 is 0 Å². The van der Waals surface area contributed by atoms with Crippen LogP contribution in [0.4, 0.5) is 0 Å². The molecule has 0 aliphatic heterocycles. The molecular formula is C8H11ClO2. The quantitative estimate of drug-likeness (QED) is 0.620. The minimum absolute atomic E-state index is 0.571. The first-order valence-corrected chi connectivity index (χ1v) is 3.93. The summed E-state index contributed by atoms with van der Waals surface area (Å²) in [6.45, 7) is 0. The van der Waals surface area contributed by atoms with Crippen molar-refractivity contribution in [3.8, 4) is 0 Å². The predicted octanol–water partition coefficient (Wildman–Crippen LogP) is 2.71. The van der Waals surface area contributed by atoms with Crippen LogP contribution in [0.1, 0.15) is 19.3 Å². The number of ether oxygens (including phenoxy) is 1. The van der Waals surface area contributed by atoms with Crippen molar-refractivity contribution in [3.63, 3.8) is 0 Å². The van der Waals surface area contributed by atoms with Gasteiger partial charge in [0.2, 0.25) is 0 Å². The van der Waals surface area contributed by atoms with Gasteiger partial charge in [0.25, 0.3) is 0 Å². The summed E-state index contributed by atoms with van der Waals surface area (Å²) >= 11 is 5.88. The van der Waals surface area contributed by atoms with E-state index in [-0.39, 0.29) is 0 Å². The second-order valence-corrected chi connectivity index (χ2v) is 2.83. The lowest BCUT2D eigenvalue weighted by atomic mass is 10.0. The van der Waals surface area contributed by atoms with Crippen LogP contribution in [0, 0.1) is 0 Å². The number of methoxy groups -OCH3 is 1. The van der Waals surface area contributed by atoms with Crippen LogP contribution in [0.15, 0.2) is 22.6 Å². The maximum absolute atomic E-state index is 8.74. The summed E-state index contributed by atoms with van der Waals surface area (Å²) in [5.41, 5.74) is 0.773. The van der Waals surface area contributed by atoms with E-state index in [0.29, 0.717) is 5.03 Å². The van der Waals surface area contributed by atoms with Crippen molar-refractivity contribution in [1.29, 1.82) is 0 Å². The van der Waals surface area contributed by atoms with E-state index in [1.807, 2.05) is 0 Å². The molecule has 0 aromatic heterocycles. The van der Waals surface area contributed by atoms with Gasteiger partial charge in [0.05, 0.1) is 18.4 Å². The number of allylic oxidation sites excluding steroid dienone is 3. The smallest absolute Gasteiger partial charge is 0.114 e. The van der Waals surface area contributed by atoms with Crippen molar-refractivity contribution in [1.82, 2.24) is 0 Å². The Morgan fingerprint density at radius 1 is 1.55 bits per heavy atom. The average molecular weight is 175 g/mol. The zero-order chi connectivity index (χ0) is 8.27. The fourth-order valence-electron chi connectivity index (χ4n) is 1.15. The molecule has 0 fully saturated rings. The Bertz CT molecular complexity index is 206. The summed E-state index contributed by atoms with van der Waals surface area (Å²) in [6, 6.07) is 0. The Labute approximate surface area is 71.1 Å². The summed E-state index contributed by atoms with van der Waals surface area (Å²) in [5, 5.41) is 9.31. The van der Waals surface area contributed by atoms with Crippen LogP contribution in [0.2, 0.25) is 0 Å². The minimum atomic E-state index is 0.571. The standard InChI is InChI=1S/C8H11ClO2/c1-11-7-4-2-3-6(5-10)8(7)9/h5,10H,2-4H2,1H3/b6-5-. The molecule has 0 saturated carbocycles. The molecule has 1 N–H and O–H groups in total. The lowest BCUT2D eigenvalue weighted by Crippen LogP contribution is -2.00. The van der Waals surface area contributed by atoms with Gasteiger partial charge in [-0.2, -0.15) is 0 Å². The van der Waals surface area contributed by atoms with Crippen LogP contribution in [0.3, 0.4) is 0 Å². The van der Waals surface area contributed by atoms with Crippen LogP contribution in [0.25, 0.3) is 0 Å². The van der Waals surface area contributed by atoms with Gasteiger partial charge in [-0.25, -0.2) is 0 Å². The molecule has 0 atom stereocenters. The third kappa shape index (κ3) is 1.69. The Morgan fingerprint density at radius 3 is 2.82 bits per heavy atom. The molecule has 62 valence electrons. The van der Waals surface area contributed by atoms with Crippen molar-refractivity contribution in [3.05, 3.63) is 22.6 Å². The highest BCUT2D eigenvalue weighted by Crippen LogP contribution is 2.31. The lowest BCUT2D eigenvalue weighted by molar-refractivity contribution is 0.269. The summed E-state index contributed by atoms with van der Waals surface area (Å²) in [6.07, 6.45) is 3.75. The molecule has 1 aliphatic carbocycles. The van der Waals surface area contributed by atoms with E-state index in [9.17, 15) is 0 Å². The molecular weight excluding hydrogens is 164 g/mol. The number of aliphatic hydroxyl groups is 1. The topological polar surface area (TPSA) is 29.5 Å². The van der Waals surface area contributed by atoms with Gasteiger partial charge in [0.15, 0.2) is 0 Å². The molecule has 1 aliphatic rings. The molecule has 0 unspecified atom stereocenters. The fraction of sp³-hybridized carbons (Fsp3) is 0.500. The highest BCUT2D eigenvalue weighted by atomic mass is 35.5. The lowest BCUT2D eigenvalue weighted by Gasteiger charge is -2.16. The third-order valence-electron chi connectivity index (χ3n) is 1.78. The summed E-state index contributed by atoms with van der Waals surface area (Å²) in [5.74, 6) is 0.776. The predicted molar refractivity (Wildman–Crippen MR) is 44.5 cm³/mol. The normalized spacial score (nSPS) is 22.5. The third-order valence-corrected chi connectivity index (χ3v) is 2.23. The van der Waals surface area contributed by atoms with E-state index in [4.69, 9.17) is 21.4 Å². The van der Waals surface area contributed by atoms with Gasteiger partial charge < -0.3 is 9.84 Å². The molecule has 3 heteroatoms. The molecule has 0 radical (unpaired) electrons. The van der Waals surface area contributed by atoms with E-state index in [2.05, 4.69) is 0 Å². The van der Waals surface area contributed by atoms with E-state index in [1.54, 1.807) is 7.11 Å². The summed E-state index contributed by atoms with van der Waals surface area (Å²) < 4.78 is 5.03. The maximum Gasteiger partial charge on any atom is 0.114 e. The monoisotopic (exact) mass is 174 g/mol. The van der Waals surface area contributed by atoms with Crippen LogP contribution in [-0.2, 0) is 4.74 Å². The van der Waals surface area contributed by atoms with E-state index in [0.717, 1.165) is 36.9 Å². The van der Waals surface area contributed by atoms with Crippen LogP contribution in [-0.4, -0.2) is 12.2 Å². The molecule has 0 saturated heterocycles. The Hall–Kier alpha value is -0.630. The van der Waals surface area contributed by atoms with Gasteiger partial charge in [-0.1, -0.05) is 11.6 Å². The first-order chi connectivity index (χ1) is 5.29. The van der Waals surface area contributed by atoms with Crippen molar-refractivity contribution >= 4 is 11.6 Å². The first kappa shape index (κ1) is 8.47. The highest BCUT2D eigenvalue weighted by molar-refractivity contribution is 6.32. The van der Waals surface area contributed by atoms with Gasteiger partial charge in [0.1, 0.15) is 5.76 Å². The first-order valence-electron chi connectivity index (χ1n) is 3.56. The van der Waals surface area contributed by atoms with Crippen molar-refractivity contribution < 1.29 is 9.84 Å². The van der Waals surface area contributed by atoms with E-state index in [1.165, 1.54) is 0 Å². The van der Waals surface area contributed by atoms with E-state index >= 15 is 0 Å². The molecule has 1 rings (SSSR count). The van der Waals surface area contributed by atoms with Gasteiger partial charge in [-0.3, -0.25) is 0 Å². The Morgan fingerprint density at radius 2 is 2.27 bits per heavy atom. The van der Waals surface area contributed by atoms with Gasteiger partial charge in [-0.05, 0) is 12.8 Å². The highest BCUT2D eigenvalue weighted by Gasteiger charge is 2.15. The van der Waals surface area contributed by atoms with Crippen LogP contribution >= 0.6 is 11.6 Å². The molecule has 2 nitrogen and oxygen atoms in total. The van der Waals surface area contributed by atoms with Crippen LogP contribution in [0.5, 0.6) is 0 Å². The zero-order valence-corrected chi connectivity index (χ0v) is 7.19. The Balaban J connectivity index is 2.89. The average Bonchev–Trinajstić information content (AvgIpc) is 2.05. The number of rotatable bonds is 1. The molecule has 0 aromatic rings. The largest absolute Gasteiger partial charge is 0.515 e. The van der Waals surface area contributed by atoms with Gasteiger partial charge in [0, 0.05) is 12.0 Å². The fourth-order valence-corrected chi connectivity index (χ4v) is 1.47. The molecule has 0 bridgehead atoms. The molecule has 0 spiro atoms. The summed E-state index contributed by atoms with van der Waals surface area (Å²) in [7, 11) is 1.60. The molecule has 0 aromatic carbocycles. The Kier molecular flexibility index (Phi) is 2.83. The summed E-state index contributed by atoms with van der Waals surface area (Å²) in [4.78, 5) is 0. The minimum Gasteiger partial charge on any atom is -0.515 e. The van der Waals surface area contributed by atoms with Crippen molar-refractivity contribution in [2.75, 3.05) is 7.11 Å². The van der Waals surface area contributed by atoms with Gasteiger partial charge in [-0.15, -0.1) is 0 Å². The van der Waals surface area contributed by atoms with Crippen LogP contribution < -0.4 is 0 Å². The number of aliphatic hydroxyl groups excluding tert-OH is 1. The zero-order valence-electron chi connectivity index (χ0n) is 6.43. The SMILES string of the molecule is COC1=C(Cl)/C(=C\O)CCC1. The molecule has 11 heavy (non-hydrogen) atoms. The van der Waals surface area contributed by atoms with E-state index < -0.39 is 0 Å². The number of hydrogen-bond acceptors (Lipinski definition) is 2. The molecule has 0 heterocycles. The van der Waals surface area contributed by atoms with Crippen molar-refractivity contribution in [2.24, 2.45) is 0 Å². The molecule has 0 amide bonds. The van der Waals surface area contributed by atoms with Crippen molar-refractivity contribution in [2.45, 2.75) is 19.3 Å². The second kappa shape index (κ2) is 3.67. The number of halogens is 1. The maximum atomic E-state index is 8.74. The number of hydrogen-bond donors (Lipinski definition) is 1. The second-order valence-electron chi connectivity index (χ2n) is 2.45.